The maximum atomic E-state index is 5.24. The van der Waals surface area contributed by atoms with E-state index in [1.54, 1.807) is 0 Å². The van der Waals surface area contributed by atoms with E-state index in [1.165, 1.54) is 148 Å². The third-order valence-corrected chi connectivity index (χ3v) is 23.3. The van der Waals surface area contributed by atoms with Crippen molar-refractivity contribution in [1.29, 1.82) is 0 Å². The van der Waals surface area contributed by atoms with E-state index in [9.17, 15) is 0 Å². The molecule has 0 aliphatic rings. The zero-order valence-corrected chi connectivity index (χ0v) is 62.0. The van der Waals surface area contributed by atoms with Gasteiger partial charge in [0.05, 0.1) is 38.8 Å². The molecule has 0 fully saturated rings. The lowest BCUT2D eigenvalue weighted by molar-refractivity contribution is 1.39. The first-order valence-corrected chi connectivity index (χ1v) is 39.0. The van der Waals surface area contributed by atoms with Gasteiger partial charge in [-0.1, -0.05) is 346 Å². The number of benzene rings is 19. The smallest absolute Gasteiger partial charge is 0.0978 e. The second kappa shape index (κ2) is 27.5. The van der Waals surface area contributed by atoms with Gasteiger partial charge in [0.15, 0.2) is 0 Å². The molecule has 19 aromatic carbocycles. The summed E-state index contributed by atoms with van der Waals surface area (Å²) in [6.07, 6.45) is 1.86. The van der Waals surface area contributed by atoms with Crippen LogP contribution in [0.1, 0.15) is 0 Å². The molecule has 0 amide bonds. The minimum Gasteiger partial charge on any atom is -0.254 e. The SMILES string of the molecule is c1ccc(-c2ccc3ccc4c(-c5ccc(-c6ccc(-c7c8ccccc8nc8c7ccc7ccc(-c9ccccc9)nc78)cc6)cc5)cc(-c5ccccc5)cc4c3c2)cc1.c1ccc(-c2ccc3ccc4c(-c5ccc6c(ccc7cc(-c8c9ccccc9nc9c8ccc8cccnc89)ccc76)c5)cccc4c3c2)cc1. The molecule has 114 heavy (non-hydrogen) atoms. The summed E-state index contributed by atoms with van der Waals surface area (Å²) < 4.78 is 0. The van der Waals surface area contributed by atoms with Gasteiger partial charge in [0.25, 0.3) is 0 Å². The van der Waals surface area contributed by atoms with Gasteiger partial charge in [-0.3, -0.25) is 4.98 Å². The van der Waals surface area contributed by atoms with Crippen LogP contribution in [0.3, 0.4) is 0 Å². The summed E-state index contributed by atoms with van der Waals surface area (Å²) in [6, 6.07) is 147. The Balaban J connectivity index is 0.000000141. The molecule has 23 aromatic rings. The number of aromatic nitrogens is 4. The number of nitrogens with zero attached hydrogens (tertiary/aromatic N) is 4. The molecular weight excluding hydrogens is 1380 g/mol. The monoisotopic (exact) mass is 1440 g/mol. The van der Waals surface area contributed by atoms with Crippen molar-refractivity contribution >= 4 is 130 Å². The van der Waals surface area contributed by atoms with Gasteiger partial charge in [-0.2, -0.15) is 0 Å². The topological polar surface area (TPSA) is 51.6 Å². The van der Waals surface area contributed by atoms with Crippen molar-refractivity contribution in [2.75, 3.05) is 0 Å². The predicted molar refractivity (Wildman–Crippen MR) is 483 cm³/mol. The molecule has 0 N–H and O–H groups in total. The van der Waals surface area contributed by atoms with Gasteiger partial charge >= 0.3 is 0 Å². The standard InChI is InChI=1S/C60H38N2.C50H30N2/c1-4-12-39(13-5-1)48-29-26-44-30-33-50-53(37-49(38-55(50)54(44)36-48)40-14-6-2-7-15-40)43-24-20-41(21-25-43)42-22-27-46(28-23-42)58-51-18-10-11-19-57(51)62-60-52(58)34-31-47-32-35-56(61-59(47)60)45-16-8-3-9-17-45;1-2-8-31(9-3-1)34-16-15-32-19-25-43-39(12-6-13-42(43)46(32)30-34)37-21-23-40-35(28-37)17-18-36-29-38(22-24-41(36)40)48-44-11-4-5-14-47(44)52-50-45(48)26-20-33-10-7-27-51-49(33)50/h1-38H;1-30H. The lowest BCUT2D eigenvalue weighted by Crippen LogP contribution is -1.93. The van der Waals surface area contributed by atoms with Crippen LogP contribution in [-0.4, -0.2) is 19.9 Å². The number of pyridine rings is 4. The summed E-state index contributed by atoms with van der Waals surface area (Å²) in [5, 5.41) is 21.7. The minimum atomic E-state index is 0.916. The van der Waals surface area contributed by atoms with Crippen LogP contribution >= 0.6 is 0 Å². The van der Waals surface area contributed by atoms with E-state index >= 15 is 0 Å². The molecule has 0 bridgehead atoms. The van der Waals surface area contributed by atoms with E-state index in [2.05, 4.69) is 394 Å². The molecule has 528 valence electrons. The van der Waals surface area contributed by atoms with E-state index in [0.717, 1.165) is 82.2 Å². The van der Waals surface area contributed by atoms with Crippen LogP contribution < -0.4 is 0 Å². The average molecular weight is 1450 g/mol. The fourth-order valence-corrected chi connectivity index (χ4v) is 17.6. The van der Waals surface area contributed by atoms with Crippen molar-refractivity contribution < 1.29 is 0 Å². The second-order valence-corrected chi connectivity index (χ2v) is 29.9. The van der Waals surface area contributed by atoms with Crippen LogP contribution in [0.4, 0.5) is 0 Å². The van der Waals surface area contributed by atoms with Crippen LogP contribution in [-0.2, 0) is 0 Å². The summed E-state index contributed by atoms with van der Waals surface area (Å²) in [5.41, 5.74) is 27.0. The molecule has 0 atom stereocenters. The van der Waals surface area contributed by atoms with Gasteiger partial charge in [0, 0.05) is 55.2 Å². The first kappa shape index (κ1) is 65.9. The van der Waals surface area contributed by atoms with Crippen LogP contribution in [0, 0.1) is 0 Å². The number of para-hydroxylation sites is 2. The predicted octanol–water partition coefficient (Wildman–Crippen LogP) is 29.8. The van der Waals surface area contributed by atoms with E-state index in [1.807, 2.05) is 18.3 Å². The first-order chi connectivity index (χ1) is 56.5. The fraction of sp³-hybridized carbons (Fsp3) is 0. The molecule has 0 aliphatic heterocycles. The molecule has 4 heteroatoms. The van der Waals surface area contributed by atoms with Crippen LogP contribution in [0.15, 0.2) is 413 Å². The van der Waals surface area contributed by atoms with Crippen LogP contribution in [0.2, 0.25) is 0 Å². The highest BCUT2D eigenvalue weighted by atomic mass is 14.8. The molecule has 23 rings (SSSR count). The van der Waals surface area contributed by atoms with E-state index in [0.29, 0.717) is 0 Å². The third-order valence-electron chi connectivity index (χ3n) is 23.3. The molecular formula is C110H68N4. The molecule has 0 radical (unpaired) electrons. The molecule has 4 heterocycles. The lowest BCUT2D eigenvalue weighted by Gasteiger charge is -2.15. The summed E-state index contributed by atoms with van der Waals surface area (Å²) in [5.74, 6) is 0. The van der Waals surface area contributed by atoms with Crippen molar-refractivity contribution in [1.82, 2.24) is 19.9 Å². The van der Waals surface area contributed by atoms with E-state index in [4.69, 9.17) is 19.9 Å². The highest BCUT2D eigenvalue weighted by Crippen LogP contribution is 2.45. The Morgan fingerprint density at radius 1 is 0.149 bits per heavy atom. The molecule has 0 saturated heterocycles. The first-order valence-electron chi connectivity index (χ1n) is 39.0. The number of hydrogen-bond acceptors (Lipinski definition) is 4. The van der Waals surface area contributed by atoms with Crippen molar-refractivity contribution in [2.24, 2.45) is 0 Å². The van der Waals surface area contributed by atoms with Crippen LogP contribution in [0.25, 0.3) is 230 Å². The maximum Gasteiger partial charge on any atom is 0.0978 e. The number of rotatable bonds is 9. The molecule has 0 spiro atoms. The van der Waals surface area contributed by atoms with E-state index < -0.39 is 0 Å². The lowest BCUT2D eigenvalue weighted by atomic mass is 9.89. The van der Waals surface area contributed by atoms with Gasteiger partial charge in [0.2, 0.25) is 0 Å². The second-order valence-electron chi connectivity index (χ2n) is 29.9. The highest BCUT2D eigenvalue weighted by molar-refractivity contribution is 6.21. The maximum absolute atomic E-state index is 5.24. The number of fused-ring (bicyclic) bond motifs is 17. The quantitative estimate of drug-likeness (QED) is 0.107. The summed E-state index contributed by atoms with van der Waals surface area (Å²) in [6.45, 7) is 0. The molecule has 4 aromatic heterocycles. The van der Waals surface area contributed by atoms with Gasteiger partial charge in [0.1, 0.15) is 0 Å². The Kier molecular flexibility index (Phi) is 15.9. The Labute approximate surface area is 658 Å². The highest BCUT2D eigenvalue weighted by Gasteiger charge is 2.20. The Morgan fingerprint density at radius 2 is 0.553 bits per heavy atom. The Morgan fingerprint density at radius 3 is 1.17 bits per heavy atom. The summed E-state index contributed by atoms with van der Waals surface area (Å²) in [7, 11) is 0. The van der Waals surface area contributed by atoms with Gasteiger partial charge in [-0.05, 0) is 203 Å². The van der Waals surface area contributed by atoms with Crippen molar-refractivity contribution in [2.45, 2.75) is 0 Å². The van der Waals surface area contributed by atoms with Crippen molar-refractivity contribution in [3.05, 3.63) is 413 Å². The van der Waals surface area contributed by atoms with Gasteiger partial charge in [-0.25, -0.2) is 15.0 Å². The fourth-order valence-electron chi connectivity index (χ4n) is 17.6. The normalized spacial score (nSPS) is 11.7. The summed E-state index contributed by atoms with van der Waals surface area (Å²) >= 11 is 0. The molecule has 0 aliphatic carbocycles. The largest absolute Gasteiger partial charge is 0.254 e. The van der Waals surface area contributed by atoms with Crippen LogP contribution in [0.5, 0.6) is 0 Å². The Hall–Kier alpha value is -15.1. The van der Waals surface area contributed by atoms with Gasteiger partial charge < -0.3 is 0 Å². The minimum absolute atomic E-state index is 0.916. The molecule has 4 nitrogen and oxygen atoms in total. The zero-order chi connectivity index (χ0) is 75.2. The third kappa shape index (κ3) is 11.5. The Bertz CT molecular complexity index is 7800. The van der Waals surface area contributed by atoms with Crippen molar-refractivity contribution in [3.8, 4) is 100 Å². The zero-order valence-electron chi connectivity index (χ0n) is 62.0. The van der Waals surface area contributed by atoms with Gasteiger partial charge in [-0.15, -0.1) is 0 Å². The number of hydrogen-bond donors (Lipinski definition) is 0. The molecule has 0 saturated carbocycles. The molecule has 0 unspecified atom stereocenters. The van der Waals surface area contributed by atoms with E-state index in [-0.39, 0.29) is 0 Å². The summed E-state index contributed by atoms with van der Waals surface area (Å²) in [4.78, 5) is 20.3. The van der Waals surface area contributed by atoms with Crippen molar-refractivity contribution in [3.63, 3.8) is 0 Å². The average Bonchev–Trinajstić information content (AvgIpc) is 0.748.